The van der Waals surface area contributed by atoms with E-state index in [-0.39, 0.29) is 18.3 Å². The number of nitrogens with zero attached hydrogens (tertiary/aromatic N) is 1. The minimum absolute atomic E-state index is 0.0114. The van der Waals surface area contributed by atoms with E-state index in [1.54, 1.807) is 26.0 Å². The maximum atomic E-state index is 13.4. The van der Waals surface area contributed by atoms with Crippen LogP contribution in [-0.4, -0.2) is 23.4 Å². The van der Waals surface area contributed by atoms with E-state index < -0.39 is 12.1 Å². The topological polar surface area (TPSA) is 49.4 Å². The lowest BCUT2D eigenvalue weighted by atomic mass is 10.1. The number of halogens is 1. The van der Waals surface area contributed by atoms with Gasteiger partial charge in [0.15, 0.2) is 0 Å². The molecule has 1 aromatic rings. The van der Waals surface area contributed by atoms with Crippen LogP contribution in [0.5, 0.6) is 0 Å². The molecule has 1 aromatic carbocycles. The Bertz CT molecular complexity index is 471. The molecule has 1 fully saturated rings. The monoisotopic (exact) mass is 236 g/mol. The predicted octanol–water partition coefficient (Wildman–Crippen LogP) is 1.75. The number of carbonyl (C=O) groups excluding carboxylic acids is 2. The fraction of sp³-hybridized carbons (Fsp3) is 0.333. The van der Waals surface area contributed by atoms with Crippen LogP contribution in [0.25, 0.3) is 0 Å². The summed E-state index contributed by atoms with van der Waals surface area (Å²) in [5.41, 5.74) is 1.15. The van der Waals surface area contributed by atoms with Crippen LogP contribution in [0.15, 0.2) is 18.2 Å². The van der Waals surface area contributed by atoms with Crippen molar-refractivity contribution in [3.8, 4) is 0 Å². The average molecular weight is 236 g/mol. The molecule has 5 heteroatoms. The number of urea groups is 1. The first-order valence-corrected chi connectivity index (χ1v) is 5.36. The molecule has 90 valence electrons. The number of hydrogen-bond acceptors (Lipinski definition) is 2. The summed E-state index contributed by atoms with van der Waals surface area (Å²) in [6, 6.07) is 3.84. The number of benzene rings is 1. The zero-order chi connectivity index (χ0) is 12.6. The van der Waals surface area contributed by atoms with E-state index >= 15 is 0 Å². The van der Waals surface area contributed by atoms with Gasteiger partial charge in [-0.2, -0.15) is 0 Å². The molecule has 0 aromatic heterocycles. The largest absolute Gasteiger partial charge is 0.329 e. The molecule has 1 heterocycles. The van der Waals surface area contributed by atoms with E-state index in [1.807, 2.05) is 0 Å². The minimum atomic E-state index is -0.458. The smallest absolute Gasteiger partial charge is 0.325 e. The number of carbonyl (C=O) groups is 2. The molecule has 17 heavy (non-hydrogen) atoms. The van der Waals surface area contributed by atoms with Gasteiger partial charge in [-0.15, -0.1) is 0 Å². The molecule has 1 aliphatic heterocycles. The lowest BCUT2D eigenvalue weighted by molar-refractivity contribution is -0.126. The second kappa shape index (κ2) is 4.16. The first kappa shape index (κ1) is 11.6. The molecule has 1 saturated heterocycles. The minimum Gasteiger partial charge on any atom is -0.329 e. The van der Waals surface area contributed by atoms with E-state index in [0.29, 0.717) is 11.1 Å². The average Bonchev–Trinajstić information content (AvgIpc) is 2.62. The fourth-order valence-corrected chi connectivity index (χ4v) is 1.84. The highest BCUT2D eigenvalue weighted by Gasteiger charge is 2.33. The maximum absolute atomic E-state index is 13.4. The second-order valence-electron chi connectivity index (χ2n) is 4.11. The lowest BCUT2D eigenvalue weighted by Crippen LogP contribution is -2.33. The van der Waals surface area contributed by atoms with Gasteiger partial charge in [0.1, 0.15) is 5.82 Å². The van der Waals surface area contributed by atoms with Gasteiger partial charge in [0.2, 0.25) is 0 Å². The SMILES string of the molecule is Cc1ccc(C(C)N2C(=O)CNC2=O)cc1F. The molecule has 0 radical (unpaired) electrons. The molecule has 3 amide bonds. The first-order valence-electron chi connectivity index (χ1n) is 5.36. The van der Waals surface area contributed by atoms with Crippen molar-refractivity contribution in [3.63, 3.8) is 0 Å². The molecule has 1 aliphatic rings. The van der Waals surface area contributed by atoms with Crippen molar-refractivity contribution >= 4 is 11.9 Å². The van der Waals surface area contributed by atoms with Crippen molar-refractivity contribution in [2.24, 2.45) is 0 Å². The van der Waals surface area contributed by atoms with Crippen molar-refractivity contribution in [2.45, 2.75) is 19.9 Å². The van der Waals surface area contributed by atoms with Gasteiger partial charge in [-0.05, 0) is 31.0 Å². The van der Waals surface area contributed by atoms with E-state index in [0.717, 1.165) is 4.90 Å². The number of imide groups is 1. The van der Waals surface area contributed by atoms with Crippen LogP contribution in [0.4, 0.5) is 9.18 Å². The normalized spacial score (nSPS) is 17.2. The van der Waals surface area contributed by atoms with Gasteiger partial charge in [-0.25, -0.2) is 9.18 Å². The molecule has 0 spiro atoms. The zero-order valence-corrected chi connectivity index (χ0v) is 9.66. The van der Waals surface area contributed by atoms with Crippen molar-refractivity contribution in [2.75, 3.05) is 6.54 Å². The van der Waals surface area contributed by atoms with Gasteiger partial charge in [-0.3, -0.25) is 9.69 Å². The van der Waals surface area contributed by atoms with Crippen molar-refractivity contribution in [1.29, 1.82) is 0 Å². The third-order valence-corrected chi connectivity index (χ3v) is 2.94. The summed E-state index contributed by atoms with van der Waals surface area (Å²) in [7, 11) is 0. The van der Waals surface area contributed by atoms with Crippen LogP contribution in [0, 0.1) is 12.7 Å². The lowest BCUT2D eigenvalue weighted by Gasteiger charge is -2.21. The Morgan fingerprint density at radius 1 is 1.41 bits per heavy atom. The Morgan fingerprint density at radius 2 is 2.12 bits per heavy atom. The van der Waals surface area contributed by atoms with Gasteiger partial charge in [0, 0.05) is 0 Å². The summed E-state index contributed by atoms with van der Waals surface area (Å²) in [4.78, 5) is 24.1. The standard InChI is InChI=1S/C12H13FN2O2/c1-7-3-4-9(5-10(7)13)8(2)15-11(16)6-14-12(15)17/h3-5,8H,6H2,1-2H3,(H,14,17). The molecule has 0 saturated carbocycles. The molecule has 1 atom stereocenters. The molecule has 4 nitrogen and oxygen atoms in total. The van der Waals surface area contributed by atoms with Crippen LogP contribution < -0.4 is 5.32 Å². The van der Waals surface area contributed by atoms with E-state index in [2.05, 4.69) is 5.32 Å². The Morgan fingerprint density at radius 3 is 2.65 bits per heavy atom. The molecule has 0 aliphatic carbocycles. The third kappa shape index (κ3) is 2.00. The van der Waals surface area contributed by atoms with Crippen LogP contribution in [0.2, 0.25) is 0 Å². The molecule has 2 rings (SSSR count). The summed E-state index contributed by atoms with van der Waals surface area (Å²) < 4.78 is 13.4. The molecule has 1 N–H and O–H groups in total. The van der Waals surface area contributed by atoms with Crippen molar-refractivity contribution in [3.05, 3.63) is 35.1 Å². The van der Waals surface area contributed by atoms with Gasteiger partial charge in [0.05, 0.1) is 12.6 Å². The number of aryl methyl sites for hydroxylation is 1. The summed E-state index contributed by atoms with van der Waals surface area (Å²) >= 11 is 0. The molecular formula is C12H13FN2O2. The predicted molar refractivity (Wildman–Crippen MR) is 59.8 cm³/mol. The third-order valence-electron chi connectivity index (χ3n) is 2.94. The second-order valence-corrected chi connectivity index (χ2v) is 4.11. The van der Waals surface area contributed by atoms with Gasteiger partial charge in [-0.1, -0.05) is 12.1 Å². The molecule has 0 bridgehead atoms. The van der Waals surface area contributed by atoms with E-state index in [1.165, 1.54) is 6.07 Å². The van der Waals surface area contributed by atoms with Crippen LogP contribution in [0.3, 0.4) is 0 Å². The molecular weight excluding hydrogens is 223 g/mol. The number of nitrogens with one attached hydrogen (secondary N) is 1. The summed E-state index contributed by atoms with van der Waals surface area (Å²) in [5, 5.41) is 2.44. The Labute approximate surface area is 98.4 Å². The quantitative estimate of drug-likeness (QED) is 0.795. The highest BCUT2D eigenvalue weighted by molar-refractivity contribution is 6.02. The number of rotatable bonds is 2. The number of amides is 3. The zero-order valence-electron chi connectivity index (χ0n) is 9.66. The fourth-order valence-electron chi connectivity index (χ4n) is 1.84. The Hall–Kier alpha value is -1.91. The van der Waals surface area contributed by atoms with Gasteiger partial charge in [0.25, 0.3) is 5.91 Å². The van der Waals surface area contributed by atoms with Crippen LogP contribution in [-0.2, 0) is 4.79 Å². The highest BCUT2D eigenvalue weighted by atomic mass is 19.1. The van der Waals surface area contributed by atoms with E-state index in [4.69, 9.17) is 0 Å². The van der Waals surface area contributed by atoms with Crippen LogP contribution >= 0.6 is 0 Å². The Balaban J connectivity index is 2.30. The maximum Gasteiger partial charge on any atom is 0.325 e. The summed E-state index contributed by atoms with van der Waals surface area (Å²) in [6.45, 7) is 3.38. The highest BCUT2D eigenvalue weighted by Crippen LogP contribution is 2.23. The van der Waals surface area contributed by atoms with Crippen molar-refractivity contribution in [1.82, 2.24) is 10.2 Å². The van der Waals surface area contributed by atoms with Crippen molar-refractivity contribution < 1.29 is 14.0 Å². The molecule has 1 unspecified atom stereocenters. The first-order chi connectivity index (χ1) is 8.00. The van der Waals surface area contributed by atoms with Crippen LogP contribution in [0.1, 0.15) is 24.1 Å². The Kier molecular flexibility index (Phi) is 2.83. The van der Waals surface area contributed by atoms with Gasteiger partial charge < -0.3 is 5.32 Å². The summed E-state index contributed by atoms with van der Waals surface area (Å²) in [5.74, 6) is -0.620. The number of hydrogen-bond donors (Lipinski definition) is 1. The van der Waals surface area contributed by atoms with E-state index in [9.17, 15) is 14.0 Å². The van der Waals surface area contributed by atoms with Gasteiger partial charge >= 0.3 is 6.03 Å². The summed E-state index contributed by atoms with van der Waals surface area (Å²) in [6.07, 6.45) is 0.